The third-order valence-electron chi connectivity index (χ3n) is 8.33. The summed E-state index contributed by atoms with van der Waals surface area (Å²) in [6.45, 7) is 7.16. The smallest absolute Gasteiger partial charge is 0.416 e. The molecule has 5 atom stereocenters. The van der Waals surface area contributed by atoms with Crippen LogP contribution < -0.4 is 15.4 Å². The highest BCUT2D eigenvalue weighted by atomic mass is 32.1. The van der Waals surface area contributed by atoms with E-state index < -0.39 is 58.7 Å². The Labute approximate surface area is 256 Å². The standard InChI is InChI=1S/C31H35F3N4O5S/c1-5-17-15-30(17,27(41)42)37-25(39)22-14-20(43-28-36-21-11-6-7-12-23(21)44-28)16-38(22)26(40)24(29(2,3)4)35-19-10-8-9-18(13-19)31(32,33)34/h6-13,17,20,22,24,35H,5,14-16H2,1-4H3,(H,37,39)(H,41,42)/t17-,20-,22+,24-,30?/m1/s1. The number of hydrogen-bond acceptors (Lipinski definition) is 7. The number of amides is 2. The molecule has 1 saturated carbocycles. The first kappa shape index (κ1) is 31.6. The summed E-state index contributed by atoms with van der Waals surface area (Å²) in [5.41, 5.74) is -2.20. The highest BCUT2D eigenvalue weighted by molar-refractivity contribution is 7.20. The first-order chi connectivity index (χ1) is 20.6. The molecule has 13 heteroatoms. The molecule has 236 valence electrons. The topological polar surface area (TPSA) is 121 Å². The molecule has 2 fully saturated rings. The van der Waals surface area contributed by atoms with E-state index in [1.165, 1.54) is 28.4 Å². The maximum absolute atomic E-state index is 14.2. The van der Waals surface area contributed by atoms with Crippen molar-refractivity contribution < 1.29 is 37.4 Å². The molecule has 0 spiro atoms. The number of aromatic nitrogens is 1. The van der Waals surface area contributed by atoms with Crippen LogP contribution in [0, 0.1) is 11.3 Å². The predicted molar refractivity (Wildman–Crippen MR) is 159 cm³/mol. The number of ether oxygens (including phenoxy) is 1. The lowest BCUT2D eigenvalue weighted by Gasteiger charge is -2.36. The summed E-state index contributed by atoms with van der Waals surface area (Å²) >= 11 is 1.33. The summed E-state index contributed by atoms with van der Waals surface area (Å²) in [5.74, 6) is -2.49. The minimum Gasteiger partial charge on any atom is -0.479 e. The minimum absolute atomic E-state index is 0.000966. The molecule has 0 radical (unpaired) electrons. The van der Waals surface area contributed by atoms with E-state index in [9.17, 15) is 32.7 Å². The Hall–Kier alpha value is -3.87. The monoisotopic (exact) mass is 632 g/mol. The summed E-state index contributed by atoms with van der Waals surface area (Å²) in [6, 6.07) is 9.98. The Morgan fingerprint density at radius 2 is 1.89 bits per heavy atom. The number of aliphatic carboxylic acids is 1. The Balaban J connectivity index is 1.43. The van der Waals surface area contributed by atoms with Gasteiger partial charge in [-0.1, -0.05) is 63.7 Å². The number of hydrogen-bond donors (Lipinski definition) is 3. The number of carboxylic acid groups (broad SMARTS) is 1. The molecule has 2 aromatic carbocycles. The normalized spacial score (nSPS) is 24.2. The Morgan fingerprint density at radius 1 is 1.16 bits per heavy atom. The van der Waals surface area contributed by atoms with Crippen molar-refractivity contribution in [2.75, 3.05) is 11.9 Å². The number of carboxylic acids is 1. The number of likely N-dealkylation sites (tertiary alicyclic amines) is 1. The van der Waals surface area contributed by atoms with Gasteiger partial charge in [-0.05, 0) is 48.1 Å². The van der Waals surface area contributed by atoms with Crippen molar-refractivity contribution in [2.24, 2.45) is 11.3 Å². The molecule has 5 rings (SSSR count). The molecular formula is C31H35F3N4O5S. The van der Waals surface area contributed by atoms with Crippen LogP contribution in [-0.2, 0) is 20.6 Å². The van der Waals surface area contributed by atoms with Gasteiger partial charge in [0, 0.05) is 12.1 Å². The van der Waals surface area contributed by atoms with Crippen molar-refractivity contribution in [3.63, 3.8) is 0 Å². The number of nitrogens with zero attached hydrogens (tertiary/aromatic N) is 2. The number of rotatable bonds is 9. The van der Waals surface area contributed by atoms with Crippen LogP contribution in [0.3, 0.4) is 0 Å². The van der Waals surface area contributed by atoms with Crippen LogP contribution in [0.1, 0.15) is 52.5 Å². The van der Waals surface area contributed by atoms with Crippen LogP contribution in [0.4, 0.5) is 18.9 Å². The summed E-state index contributed by atoms with van der Waals surface area (Å²) in [5, 5.41) is 16.0. The van der Waals surface area contributed by atoms with Gasteiger partial charge in [0.1, 0.15) is 23.7 Å². The average Bonchev–Trinajstić information content (AvgIpc) is 3.28. The lowest BCUT2D eigenvalue weighted by Crippen LogP contribution is -2.56. The number of alkyl halides is 3. The van der Waals surface area contributed by atoms with Crippen LogP contribution in [0.5, 0.6) is 5.19 Å². The van der Waals surface area contributed by atoms with Gasteiger partial charge >= 0.3 is 12.1 Å². The van der Waals surface area contributed by atoms with E-state index in [1.807, 2.05) is 31.2 Å². The number of nitrogens with one attached hydrogen (secondary N) is 2. The van der Waals surface area contributed by atoms with Crippen LogP contribution >= 0.6 is 11.3 Å². The van der Waals surface area contributed by atoms with Crippen molar-refractivity contribution >= 4 is 45.0 Å². The van der Waals surface area contributed by atoms with E-state index >= 15 is 0 Å². The third-order valence-corrected chi connectivity index (χ3v) is 9.26. The van der Waals surface area contributed by atoms with Gasteiger partial charge in [-0.25, -0.2) is 9.78 Å². The molecule has 3 aromatic rings. The molecule has 9 nitrogen and oxygen atoms in total. The number of benzene rings is 2. The van der Waals surface area contributed by atoms with Crippen molar-refractivity contribution in [3.05, 3.63) is 54.1 Å². The first-order valence-electron chi connectivity index (χ1n) is 14.4. The molecule has 1 saturated heterocycles. The fraction of sp³-hybridized carbons (Fsp3) is 0.484. The Morgan fingerprint density at radius 3 is 2.50 bits per heavy atom. The van der Waals surface area contributed by atoms with E-state index in [4.69, 9.17) is 4.74 Å². The second-order valence-electron chi connectivity index (χ2n) is 12.5. The van der Waals surface area contributed by atoms with Crippen LogP contribution in [0.2, 0.25) is 0 Å². The summed E-state index contributed by atoms with van der Waals surface area (Å²) in [7, 11) is 0. The quantitative estimate of drug-likeness (QED) is 0.283. The van der Waals surface area contributed by atoms with Gasteiger partial charge < -0.3 is 25.4 Å². The number of anilines is 1. The van der Waals surface area contributed by atoms with Gasteiger partial charge in [0.25, 0.3) is 5.19 Å². The van der Waals surface area contributed by atoms with Crippen LogP contribution in [0.15, 0.2) is 48.5 Å². The highest BCUT2D eigenvalue weighted by Crippen LogP contribution is 2.46. The zero-order valence-electron chi connectivity index (χ0n) is 24.8. The van der Waals surface area contributed by atoms with Crippen molar-refractivity contribution in [1.82, 2.24) is 15.2 Å². The van der Waals surface area contributed by atoms with Crippen LogP contribution in [-0.4, -0.2) is 63.0 Å². The highest BCUT2D eigenvalue weighted by Gasteiger charge is 2.61. The van der Waals surface area contributed by atoms with E-state index in [1.54, 1.807) is 20.8 Å². The molecule has 1 aliphatic heterocycles. The first-order valence-corrected chi connectivity index (χ1v) is 15.3. The fourth-order valence-corrected chi connectivity index (χ4v) is 6.66. The zero-order valence-corrected chi connectivity index (χ0v) is 25.6. The van der Waals surface area contributed by atoms with E-state index in [-0.39, 0.29) is 24.6 Å². The summed E-state index contributed by atoms with van der Waals surface area (Å²) in [6.07, 6.45) is -4.26. The number of carbonyl (C=O) groups excluding carboxylic acids is 2. The fourth-order valence-electron chi connectivity index (χ4n) is 5.78. The Kier molecular flexibility index (Phi) is 8.29. The van der Waals surface area contributed by atoms with Gasteiger partial charge in [0.2, 0.25) is 11.8 Å². The molecule has 2 heterocycles. The largest absolute Gasteiger partial charge is 0.479 e. The Bertz CT molecular complexity index is 1540. The third kappa shape index (κ3) is 6.33. The van der Waals surface area contributed by atoms with Gasteiger partial charge in [0.05, 0.1) is 22.3 Å². The second kappa shape index (κ2) is 11.6. The number of carbonyl (C=O) groups is 3. The second-order valence-corrected chi connectivity index (χ2v) is 13.5. The average molecular weight is 633 g/mol. The molecule has 2 amide bonds. The summed E-state index contributed by atoms with van der Waals surface area (Å²) in [4.78, 5) is 45.9. The maximum atomic E-state index is 14.2. The van der Waals surface area contributed by atoms with Gasteiger partial charge in [-0.3, -0.25) is 9.59 Å². The molecule has 1 aliphatic carbocycles. The molecule has 2 aliphatic rings. The lowest BCUT2D eigenvalue weighted by molar-refractivity contribution is -0.146. The van der Waals surface area contributed by atoms with E-state index in [0.717, 1.165) is 22.3 Å². The number of fused-ring (bicyclic) bond motifs is 1. The van der Waals surface area contributed by atoms with E-state index in [0.29, 0.717) is 18.0 Å². The van der Waals surface area contributed by atoms with Gasteiger partial charge in [-0.2, -0.15) is 13.2 Å². The molecule has 1 unspecified atom stereocenters. The van der Waals surface area contributed by atoms with E-state index in [2.05, 4.69) is 15.6 Å². The number of thiazole rings is 1. The number of halogens is 3. The minimum atomic E-state index is -4.57. The number of para-hydroxylation sites is 1. The van der Waals surface area contributed by atoms with Crippen molar-refractivity contribution in [2.45, 2.75) is 76.9 Å². The maximum Gasteiger partial charge on any atom is 0.416 e. The zero-order chi connectivity index (χ0) is 32.0. The SMILES string of the molecule is CC[C@@H]1CC1(NC(=O)[C@@H]1C[C@@H](Oc2nc3ccccc3s2)CN1C(=O)[C@@H](Nc1cccc(C(F)(F)F)c1)C(C)(C)C)C(=O)O. The van der Waals surface area contributed by atoms with Crippen molar-refractivity contribution in [3.8, 4) is 5.19 Å². The molecule has 3 N–H and O–H groups in total. The van der Waals surface area contributed by atoms with Crippen molar-refractivity contribution in [1.29, 1.82) is 0 Å². The molecule has 44 heavy (non-hydrogen) atoms. The molecule has 0 bridgehead atoms. The van der Waals surface area contributed by atoms with Crippen LogP contribution in [0.25, 0.3) is 10.2 Å². The summed E-state index contributed by atoms with van der Waals surface area (Å²) < 4.78 is 47.3. The lowest BCUT2D eigenvalue weighted by atomic mass is 9.85. The molecule has 1 aromatic heterocycles. The van der Waals surface area contributed by atoms with Gasteiger partial charge in [0.15, 0.2) is 0 Å². The predicted octanol–water partition coefficient (Wildman–Crippen LogP) is 5.56. The molecular weight excluding hydrogens is 597 g/mol. The van der Waals surface area contributed by atoms with Gasteiger partial charge in [-0.15, -0.1) is 0 Å².